The summed E-state index contributed by atoms with van der Waals surface area (Å²) < 4.78 is 0. The molecule has 0 spiro atoms. The number of amides is 2. The van der Waals surface area contributed by atoms with Gasteiger partial charge in [-0.05, 0) is 54.4 Å². The Labute approximate surface area is 127 Å². The number of carbonyl (C=O) groups excluding carboxylic acids is 2. The van der Waals surface area contributed by atoms with Crippen molar-refractivity contribution in [3.63, 3.8) is 0 Å². The lowest BCUT2D eigenvalue weighted by Gasteiger charge is -2.37. The van der Waals surface area contributed by atoms with Crippen LogP contribution in [0.15, 0.2) is 36.4 Å². The number of carbonyl (C=O) groups is 2. The number of hydrogen-bond donors (Lipinski definition) is 0. The topological polar surface area (TPSA) is 37.4 Å². The normalized spacial score (nSPS) is 42.2. The van der Waals surface area contributed by atoms with Crippen LogP contribution < -0.4 is 4.90 Å². The van der Waals surface area contributed by atoms with Crippen molar-refractivity contribution in [2.24, 2.45) is 35.5 Å². The van der Waals surface area contributed by atoms with Crippen molar-refractivity contribution in [3.05, 3.63) is 41.4 Å². The van der Waals surface area contributed by atoms with Crippen molar-refractivity contribution in [3.8, 4) is 0 Å². The summed E-state index contributed by atoms with van der Waals surface area (Å²) in [5, 5.41) is 0.609. The van der Waals surface area contributed by atoms with Gasteiger partial charge in [-0.2, -0.15) is 0 Å². The van der Waals surface area contributed by atoms with Gasteiger partial charge in [-0.15, -0.1) is 0 Å². The minimum absolute atomic E-state index is 0.0166. The Morgan fingerprint density at radius 2 is 1.43 bits per heavy atom. The lowest BCUT2D eigenvalue weighted by molar-refractivity contribution is -0.124. The Bertz CT molecular complexity index is 659. The number of allylic oxidation sites excluding steroid dienone is 2. The third kappa shape index (κ3) is 1.40. The van der Waals surface area contributed by atoms with Gasteiger partial charge in [0.25, 0.3) is 0 Å². The molecule has 2 bridgehead atoms. The van der Waals surface area contributed by atoms with Crippen molar-refractivity contribution in [2.45, 2.75) is 6.42 Å². The lowest BCUT2D eigenvalue weighted by atomic mass is 9.63. The van der Waals surface area contributed by atoms with Gasteiger partial charge in [-0.3, -0.25) is 14.5 Å². The highest BCUT2D eigenvalue weighted by atomic mass is 35.5. The first kappa shape index (κ1) is 12.0. The standard InChI is InChI=1S/C17H14ClNO2/c18-8-1-3-9(4-2-8)19-16(20)14-10-5-6-11(13-7-12(10)13)15(14)17(19)21/h1-6,10-15H,7H2/t10-,11-,12-,13+,14-,15+/m0/s1. The molecule has 4 aliphatic carbocycles. The van der Waals surface area contributed by atoms with E-state index in [-0.39, 0.29) is 35.5 Å². The molecule has 5 aliphatic rings. The molecule has 6 rings (SSSR count). The molecule has 1 aromatic rings. The summed E-state index contributed by atoms with van der Waals surface area (Å²) in [4.78, 5) is 27.0. The summed E-state index contributed by atoms with van der Waals surface area (Å²) in [6.07, 6.45) is 5.57. The van der Waals surface area contributed by atoms with E-state index in [4.69, 9.17) is 11.6 Å². The smallest absolute Gasteiger partial charge is 0.238 e. The zero-order valence-electron chi connectivity index (χ0n) is 11.3. The Morgan fingerprint density at radius 3 is 1.95 bits per heavy atom. The van der Waals surface area contributed by atoms with E-state index in [0.717, 1.165) is 0 Å². The highest BCUT2D eigenvalue weighted by Crippen LogP contribution is 2.65. The Morgan fingerprint density at radius 1 is 0.905 bits per heavy atom. The lowest BCUT2D eigenvalue weighted by Crippen LogP contribution is -2.40. The van der Waals surface area contributed by atoms with E-state index in [1.807, 2.05) is 0 Å². The van der Waals surface area contributed by atoms with Crippen molar-refractivity contribution in [1.29, 1.82) is 0 Å². The first-order valence-corrected chi connectivity index (χ1v) is 7.86. The highest BCUT2D eigenvalue weighted by molar-refractivity contribution is 6.30. The molecule has 1 saturated heterocycles. The van der Waals surface area contributed by atoms with Crippen molar-refractivity contribution >= 4 is 29.1 Å². The van der Waals surface area contributed by atoms with Gasteiger partial charge in [0.2, 0.25) is 11.8 Å². The van der Waals surface area contributed by atoms with E-state index in [9.17, 15) is 9.59 Å². The maximum Gasteiger partial charge on any atom is 0.238 e. The monoisotopic (exact) mass is 299 g/mol. The SMILES string of the molecule is O=C1[C@@H]2[C@H]3C=C[C@@H]([C@@H]4C[C@H]34)[C@@H]2C(=O)N1c1ccc(Cl)cc1. The van der Waals surface area contributed by atoms with Crippen LogP contribution in [-0.2, 0) is 9.59 Å². The van der Waals surface area contributed by atoms with E-state index in [1.165, 1.54) is 11.3 Å². The fraction of sp³-hybridized carbons (Fsp3) is 0.412. The van der Waals surface area contributed by atoms with Crippen LogP contribution in [-0.4, -0.2) is 11.8 Å². The van der Waals surface area contributed by atoms with E-state index in [0.29, 0.717) is 22.5 Å². The molecule has 0 unspecified atom stereocenters. The Kier molecular flexibility index (Phi) is 2.15. The van der Waals surface area contributed by atoms with Crippen LogP contribution in [0.3, 0.4) is 0 Å². The molecule has 4 heteroatoms. The van der Waals surface area contributed by atoms with Crippen LogP contribution in [0.5, 0.6) is 0 Å². The predicted octanol–water partition coefficient (Wildman–Crippen LogP) is 2.90. The summed E-state index contributed by atoms with van der Waals surface area (Å²) in [5.74, 6) is 1.54. The molecule has 2 amide bonds. The second kappa shape index (κ2) is 3.77. The van der Waals surface area contributed by atoms with Crippen LogP contribution in [0.4, 0.5) is 5.69 Å². The molecule has 21 heavy (non-hydrogen) atoms. The van der Waals surface area contributed by atoms with Gasteiger partial charge in [0, 0.05) is 5.02 Å². The number of benzene rings is 1. The second-order valence-electron chi connectivity index (χ2n) is 6.64. The van der Waals surface area contributed by atoms with Crippen LogP contribution >= 0.6 is 11.6 Å². The Balaban J connectivity index is 1.58. The quantitative estimate of drug-likeness (QED) is 0.591. The molecular formula is C17H14ClNO2. The fourth-order valence-corrected chi connectivity index (χ4v) is 4.93. The summed E-state index contributed by atoms with van der Waals surface area (Å²) >= 11 is 5.90. The molecule has 0 radical (unpaired) electrons. The molecule has 2 saturated carbocycles. The molecule has 3 nitrogen and oxygen atoms in total. The first-order valence-electron chi connectivity index (χ1n) is 7.48. The van der Waals surface area contributed by atoms with Crippen LogP contribution in [0.25, 0.3) is 0 Å². The molecule has 1 aliphatic heterocycles. The minimum atomic E-state index is -0.132. The van der Waals surface area contributed by atoms with Crippen LogP contribution in [0.1, 0.15) is 6.42 Å². The van der Waals surface area contributed by atoms with Gasteiger partial charge in [0.15, 0.2) is 0 Å². The summed E-state index contributed by atoms with van der Waals surface area (Å²) in [5.41, 5.74) is 0.650. The number of anilines is 1. The predicted molar refractivity (Wildman–Crippen MR) is 78.6 cm³/mol. The van der Waals surface area contributed by atoms with Gasteiger partial charge in [0.1, 0.15) is 0 Å². The van der Waals surface area contributed by atoms with Crippen molar-refractivity contribution in [1.82, 2.24) is 0 Å². The first-order chi connectivity index (χ1) is 10.2. The van der Waals surface area contributed by atoms with Gasteiger partial charge < -0.3 is 0 Å². The van der Waals surface area contributed by atoms with Gasteiger partial charge >= 0.3 is 0 Å². The summed E-state index contributed by atoms with van der Waals surface area (Å²) in [6.45, 7) is 0. The number of rotatable bonds is 1. The summed E-state index contributed by atoms with van der Waals surface area (Å²) in [6, 6.07) is 6.96. The second-order valence-corrected chi connectivity index (χ2v) is 7.08. The van der Waals surface area contributed by atoms with E-state index >= 15 is 0 Å². The molecule has 6 atom stereocenters. The molecule has 1 heterocycles. The molecule has 0 aromatic heterocycles. The largest absolute Gasteiger partial charge is 0.274 e. The maximum absolute atomic E-state index is 12.8. The summed E-state index contributed by atoms with van der Waals surface area (Å²) in [7, 11) is 0. The van der Waals surface area contributed by atoms with Crippen LogP contribution in [0.2, 0.25) is 5.02 Å². The Hall–Kier alpha value is -1.61. The third-order valence-electron chi connectivity index (χ3n) is 5.75. The van der Waals surface area contributed by atoms with Gasteiger partial charge in [0.05, 0.1) is 17.5 Å². The van der Waals surface area contributed by atoms with Crippen molar-refractivity contribution in [2.75, 3.05) is 4.90 Å². The van der Waals surface area contributed by atoms with Crippen molar-refractivity contribution < 1.29 is 9.59 Å². The average Bonchev–Trinajstić information content (AvgIpc) is 3.26. The molecule has 1 aromatic carbocycles. The maximum atomic E-state index is 12.8. The molecular weight excluding hydrogens is 286 g/mol. The number of halogens is 1. The van der Waals surface area contributed by atoms with E-state index < -0.39 is 0 Å². The number of hydrogen-bond acceptors (Lipinski definition) is 2. The van der Waals surface area contributed by atoms with Gasteiger partial charge in [-0.1, -0.05) is 23.8 Å². The number of nitrogens with zero attached hydrogens (tertiary/aromatic N) is 1. The number of imide groups is 1. The zero-order chi connectivity index (χ0) is 14.3. The minimum Gasteiger partial charge on any atom is -0.274 e. The van der Waals surface area contributed by atoms with E-state index in [2.05, 4.69) is 12.2 Å². The molecule has 106 valence electrons. The van der Waals surface area contributed by atoms with Crippen LogP contribution in [0, 0.1) is 35.5 Å². The third-order valence-corrected chi connectivity index (χ3v) is 6.00. The van der Waals surface area contributed by atoms with Gasteiger partial charge in [-0.25, -0.2) is 0 Å². The fourth-order valence-electron chi connectivity index (χ4n) is 4.80. The highest BCUT2D eigenvalue weighted by Gasteiger charge is 2.67. The average molecular weight is 300 g/mol. The molecule has 3 fully saturated rings. The molecule has 0 N–H and O–H groups in total. The zero-order valence-corrected chi connectivity index (χ0v) is 12.0. The van der Waals surface area contributed by atoms with E-state index in [1.54, 1.807) is 24.3 Å².